The van der Waals surface area contributed by atoms with E-state index in [9.17, 15) is 19.8 Å². The van der Waals surface area contributed by atoms with Gasteiger partial charge in [0.15, 0.2) is 0 Å². The monoisotopic (exact) mass is 1100 g/mol. The summed E-state index contributed by atoms with van der Waals surface area (Å²) in [6.45, 7) is 4.97. The highest BCUT2D eigenvalue weighted by Gasteiger charge is 2.20. The molecule has 1 amide bonds. The summed E-state index contributed by atoms with van der Waals surface area (Å²) in [6.07, 6.45) is 84.1. The quantitative estimate of drug-likeness (QED) is 0.0320. The number of rotatable bonds is 68. The van der Waals surface area contributed by atoms with Crippen LogP contribution in [0.5, 0.6) is 0 Å². The first-order valence-corrected chi connectivity index (χ1v) is 35.9. The van der Waals surface area contributed by atoms with E-state index in [0.29, 0.717) is 25.9 Å². The fourth-order valence-electron chi connectivity index (χ4n) is 11.6. The van der Waals surface area contributed by atoms with Crippen LogP contribution in [-0.2, 0) is 14.3 Å². The molecule has 464 valence electrons. The van der Waals surface area contributed by atoms with E-state index in [0.717, 1.165) is 44.9 Å². The highest BCUT2D eigenvalue weighted by Crippen LogP contribution is 2.20. The van der Waals surface area contributed by atoms with Gasteiger partial charge in [-0.1, -0.05) is 360 Å². The fraction of sp³-hybridized carbons (Fsp3) is 0.944. The number of aliphatic hydroxyl groups excluding tert-OH is 2. The molecular weight excluding hydrogens is 959 g/mol. The topological polar surface area (TPSA) is 95.9 Å². The molecular formula is C72H141NO5. The number of allylic oxidation sites excluding steroid dienone is 2. The van der Waals surface area contributed by atoms with Gasteiger partial charge in [0.05, 0.1) is 25.4 Å². The van der Waals surface area contributed by atoms with Crippen molar-refractivity contribution in [1.82, 2.24) is 5.32 Å². The molecule has 0 aliphatic heterocycles. The lowest BCUT2D eigenvalue weighted by molar-refractivity contribution is -0.143. The summed E-state index contributed by atoms with van der Waals surface area (Å²) in [5, 5.41) is 23.4. The Bertz CT molecular complexity index is 1180. The zero-order valence-corrected chi connectivity index (χ0v) is 53.2. The normalized spacial score (nSPS) is 12.5. The van der Waals surface area contributed by atoms with Crippen LogP contribution >= 0.6 is 0 Å². The third-order valence-electron chi connectivity index (χ3n) is 17.1. The molecule has 0 aromatic rings. The lowest BCUT2D eigenvalue weighted by atomic mass is 10.0. The van der Waals surface area contributed by atoms with Crippen molar-refractivity contribution in [3.05, 3.63) is 12.2 Å². The van der Waals surface area contributed by atoms with Gasteiger partial charge in [0.2, 0.25) is 5.91 Å². The molecule has 78 heavy (non-hydrogen) atoms. The molecule has 0 aliphatic rings. The Labute approximate surface area is 489 Å². The van der Waals surface area contributed by atoms with E-state index in [4.69, 9.17) is 4.74 Å². The first-order chi connectivity index (χ1) is 38.5. The Morgan fingerprint density at radius 1 is 0.346 bits per heavy atom. The molecule has 3 N–H and O–H groups in total. The second-order valence-corrected chi connectivity index (χ2v) is 24.9. The van der Waals surface area contributed by atoms with Gasteiger partial charge in [0, 0.05) is 12.8 Å². The molecule has 6 heteroatoms. The standard InChI is InChI=1S/C72H141NO5/c1-3-5-7-9-11-13-15-17-18-19-20-21-29-32-35-38-41-44-48-52-56-60-64-70(75)69(68-74)73-71(76)65-61-57-53-49-45-42-39-36-33-30-27-25-23-22-24-26-28-31-34-37-40-43-47-51-55-59-63-67-78-72(77)66-62-58-54-50-46-16-14-12-10-8-6-4-2/h12,14,69-70,74-75H,3-11,13,15-68H2,1-2H3,(H,73,76)/b14-12-. The Kier molecular flexibility index (Phi) is 66.9. The van der Waals surface area contributed by atoms with Gasteiger partial charge >= 0.3 is 5.97 Å². The molecule has 0 radical (unpaired) electrons. The molecule has 0 aliphatic carbocycles. The summed E-state index contributed by atoms with van der Waals surface area (Å²) in [5.74, 6) is -0.0181. The Balaban J connectivity index is 3.35. The van der Waals surface area contributed by atoms with Crippen molar-refractivity contribution in [3.63, 3.8) is 0 Å². The van der Waals surface area contributed by atoms with Crippen molar-refractivity contribution in [2.45, 2.75) is 424 Å². The minimum atomic E-state index is -0.663. The minimum Gasteiger partial charge on any atom is -0.466 e. The fourth-order valence-corrected chi connectivity index (χ4v) is 11.6. The number of nitrogens with one attached hydrogen (secondary N) is 1. The summed E-state index contributed by atoms with van der Waals surface area (Å²) in [7, 11) is 0. The Hall–Kier alpha value is -1.40. The smallest absolute Gasteiger partial charge is 0.305 e. The zero-order valence-electron chi connectivity index (χ0n) is 53.2. The van der Waals surface area contributed by atoms with Crippen molar-refractivity contribution in [2.75, 3.05) is 13.2 Å². The van der Waals surface area contributed by atoms with Crippen LogP contribution in [0.3, 0.4) is 0 Å². The maximum absolute atomic E-state index is 12.6. The number of esters is 1. The summed E-state index contributed by atoms with van der Waals surface area (Å²) < 4.78 is 5.48. The van der Waals surface area contributed by atoms with E-state index < -0.39 is 12.1 Å². The number of carbonyl (C=O) groups excluding carboxylic acids is 2. The zero-order chi connectivity index (χ0) is 56.4. The maximum Gasteiger partial charge on any atom is 0.305 e. The van der Waals surface area contributed by atoms with Gasteiger partial charge in [0.25, 0.3) is 0 Å². The lowest BCUT2D eigenvalue weighted by Gasteiger charge is -2.22. The molecule has 2 unspecified atom stereocenters. The van der Waals surface area contributed by atoms with Crippen LogP contribution in [0.1, 0.15) is 412 Å². The van der Waals surface area contributed by atoms with Crippen molar-refractivity contribution in [1.29, 1.82) is 0 Å². The van der Waals surface area contributed by atoms with Gasteiger partial charge in [-0.05, 0) is 51.4 Å². The predicted molar refractivity (Wildman–Crippen MR) is 343 cm³/mol. The SMILES string of the molecule is CCCCC/C=C\CCCCCCCC(=O)OCCCCCCCCCCCCCCCCCCCCCCCCCCCCCC(=O)NC(CO)C(O)CCCCCCCCCCCCCCCCCCCCCCCC. The van der Waals surface area contributed by atoms with E-state index in [-0.39, 0.29) is 18.5 Å². The second-order valence-electron chi connectivity index (χ2n) is 24.9. The summed E-state index contributed by atoms with van der Waals surface area (Å²) in [6, 6.07) is -0.540. The number of carbonyl (C=O) groups is 2. The molecule has 0 aromatic carbocycles. The number of amides is 1. The first-order valence-electron chi connectivity index (χ1n) is 35.9. The average Bonchev–Trinajstić information content (AvgIpc) is 3.44. The highest BCUT2D eigenvalue weighted by molar-refractivity contribution is 5.76. The van der Waals surface area contributed by atoms with Gasteiger partial charge in [-0.2, -0.15) is 0 Å². The van der Waals surface area contributed by atoms with Crippen LogP contribution in [0, 0.1) is 0 Å². The molecule has 2 atom stereocenters. The average molecular weight is 1100 g/mol. The molecule has 0 heterocycles. The van der Waals surface area contributed by atoms with Crippen LogP contribution in [0.2, 0.25) is 0 Å². The molecule has 0 saturated carbocycles. The van der Waals surface area contributed by atoms with E-state index in [1.807, 2.05) is 0 Å². The van der Waals surface area contributed by atoms with Gasteiger partial charge in [-0.25, -0.2) is 0 Å². The molecule has 0 bridgehead atoms. The number of aliphatic hydroxyl groups is 2. The molecule has 0 spiro atoms. The van der Waals surface area contributed by atoms with Gasteiger partial charge < -0.3 is 20.3 Å². The van der Waals surface area contributed by atoms with Crippen LogP contribution in [0.15, 0.2) is 12.2 Å². The molecule has 0 fully saturated rings. The first kappa shape index (κ1) is 76.6. The van der Waals surface area contributed by atoms with Gasteiger partial charge in [0.1, 0.15) is 0 Å². The Morgan fingerprint density at radius 3 is 0.936 bits per heavy atom. The largest absolute Gasteiger partial charge is 0.466 e. The van der Waals surface area contributed by atoms with Crippen LogP contribution in [-0.4, -0.2) is 47.4 Å². The lowest BCUT2D eigenvalue weighted by Crippen LogP contribution is -2.45. The van der Waals surface area contributed by atoms with Crippen molar-refractivity contribution >= 4 is 11.9 Å². The summed E-state index contributed by atoms with van der Waals surface area (Å²) in [4.78, 5) is 24.6. The number of ether oxygens (including phenoxy) is 1. The van der Waals surface area contributed by atoms with Crippen LogP contribution < -0.4 is 5.32 Å². The second kappa shape index (κ2) is 68.1. The molecule has 0 saturated heterocycles. The van der Waals surface area contributed by atoms with Gasteiger partial charge in [-0.15, -0.1) is 0 Å². The summed E-state index contributed by atoms with van der Waals surface area (Å²) >= 11 is 0. The Morgan fingerprint density at radius 2 is 0.603 bits per heavy atom. The minimum absolute atomic E-state index is 0.00897. The number of hydrogen-bond donors (Lipinski definition) is 3. The van der Waals surface area contributed by atoms with E-state index in [1.165, 1.54) is 334 Å². The number of unbranched alkanes of at least 4 members (excludes halogenated alkanes) is 55. The highest BCUT2D eigenvalue weighted by atomic mass is 16.5. The maximum atomic E-state index is 12.6. The molecule has 6 nitrogen and oxygen atoms in total. The molecule has 0 aromatic heterocycles. The third-order valence-corrected chi connectivity index (χ3v) is 17.1. The van der Waals surface area contributed by atoms with Crippen molar-refractivity contribution < 1.29 is 24.5 Å². The third kappa shape index (κ3) is 63.8. The van der Waals surface area contributed by atoms with E-state index >= 15 is 0 Å². The number of hydrogen-bond acceptors (Lipinski definition) is 5. The van der Waals surface area contributed by atoms with Crippen LogP contribution in [0.25, 0.3) is 0 Å². The van der Waals surface area contributed by atoms with Crippen molar-refractivity contribution in [2.24, 2.45) is 0 Å². The van der Waals surface area contributed by atoms with E-state index in [1.54, 1.807) is 0 Å². The van der Waals surface area contributed by atoms with Crippen molar-refractivity contribution in [3.8, 4) is 0 Å². The van der Waals surface area contributed by atoms with Gasteiger partial charge in [-0.3, -0.25) is 9.59 Å². The van der Waals surface area contributed by atoms with E-state index in [2.05, 4.69) is 31.3 Å². The summed E-state index contributed by atoms with van der Waals surface area (Å²) in [5.41, 5.74) is 0. The predicted octanol–water partition coefficient (Wildman–Crippen LogP) is 23.1. The van der Waals surface area contributed by atoms with Crippen LogP contribution in [0.4, 0.5) is 0 Å². The molecule has 0 rings (SSSR count).